The lowest BCUT2D eigenvalue weighted by atomic mass is 10.1. The van der Waals surface area contributed by atoms with Crippen LogP contribution in [0.15, 0.2) is 71.1 Å². The highest BCUT2D eigenvalue weighted by Crippen LogP contribution is 2.14. The van der Waals surface area contributed by atoms with Gasteiger partial charge in [0.05, 0.1) is 7.11 Å². The van der Waals surface area contributed by atoms with Crippen LogP contribution in [0.4, 0.5) is 0 Å². The maximum Gasteiger partial charge on any atom is 0.374 e. The van der Waals surface area contributed by atoms with Crippen molar-refractivity contribution in [2.24, 2.45) is 0 Å². The van der Waals surface area contributed by atoms with Crippen molar-refractivity contribution < 1.29 is 28.2 Å². The Morgan fingerprint density at radius 2 is 1.70 bits per heavy atom. The fourth-order valence-electron chi connectivity index (χ4n) is 2.63. The average Bonchev–Trinajstić information content (AvgIpc) is 3.26. The van der Waals surface area contributed by atoms with E-state index in [0.717, 1.165) is 11.3 Å². The van der Waals surface area contributed by atoms with Crippen LogP contribution in [-0.4, -0.2) is 32.1 Å². The number of hydrogen-bond acceptors (Lipinski definition) is 6. The van der Waals surface area contributed by atoms with Gasteiger partial charge in [-0.05, 0) is 48.4 Å². The van der Waals surface area contributed by atoms with Crippen molar-refractivity contribution in [1.82, 2.24) is 5.32 Å². The summed E-state index contributed by atoms with van der Waals surface area (Å²) in [6, 6.07) is 20.0. The maximum absolute atomic E-state index is 12.0. The lowest BCUT2D eigenvalue weighted by Gasteiger charge is -2.07. The number of benzene rings is 2. The van der Waals surface area contributed by atoms with Crippen molar-refractivity contribution in [3.8, 4) is 11.5 Å². The highest BCUT2D eigenvalue weighted by Gasteiger charge is 2.15. The second-order valence-corrected chi connectivity index (χ2v) is 6.39. The molecule has 0 fully saturated rings. The van der Waals surface area contributed by atoms with E-state index in [1.165, 1.54) is 6.07 Å². The number of para-hydroxylation sites is 1. The Hall–Kier alpha value is -3.74. The van der Waals surface area contributed by atoms with Crippen LogP contribution in [0, 0.1) is 0 Å². The highest BCUT2D eigenvalue weighted by molar-refractivity contribution is 5.88. The van der Waals surface area contributed by atoms with Gasteiger partial charge in [0.25, 0.3) is 5.91 Å². The van der Waals surface area contributed by atoms with Crippen molar-refractivity contribution in [3.05, 3.63) is 83.8 Å². The SMILES string of the molecule is COc1ccc(CCNC(=O)COC(=O)c2ccc(COc3ccccc3)o2)cc1. The van der Waals surface area contributed by atoms with E-state index in [4.69, 9.17) is 18.6 Å². The van der Waals surface area contributed by atoms with Gasteiger partial charge in [-0.1, -0.05) is 30.3 Å². The summed E-state index contributed by atoms with van der Waals surface area (Å²) in [4.78, 5) is 23.9. The Morgan fingerprint density at radius 1 is 0.933 bits per heavy atom. The standard InChI is InChI=1S/C23H23NO6/c1-27-18-9-7-17(8-10-18)13-14-24-22(25)16-29-23(26)21-12-11-20(30-21)15-28-19-5-3-2-4-6-19/h2-12H,13-16H2,1H3,(H,24,25). The third kappa shape index (κ3) is 6.41. The van der Waals surface area contributed by atoms with Crippen LogP contribution >= 0.6 is 0 Å². The maximum atomic E-state index is 12.0. The highest BCUT2D eigenvalue weighted by atomic mass is 16.6. The molecule has 1 aromatic heterocycles. The summed E-state index contributed by atoms with van der Waals surface area (Å²) in [7, 11) is 1.61. The molecule has 1 heterocycles. The van der Waals surface area contributed by atoms with Crippen LogP contribution < -0.4 is 14.8 Å². The molecule has 0 spiro atoms. The van der Waals surface area contributed by atoms with E-state index >= 15 is 0 Å². The monoisotopic (exact) mass is 409 g/mol. The molecule has 1 amide bonds. The van der Waals surface area contributed by atoms with Gasteiger partial charge in [-0.3, -0.25) is 4.79 Å². The first-order valence-corrected chi connectivity index (χ1v) is 9.47. The van der Waals surface area contributed by atoms with Gasteiger partial charge in [-0.15, -0.1) is 0 Å². The van der Waals surface area contributed by atoms with E-state index < -0.39 is 5.97 Å². The molecule has 1 N–H and O–H groups in total. The molecule has 0 saturated heterocycles. The second-order valence-electron chi connectivity index (χ2n) is 6.39. The summed E-state index contributed by atoms with van der Waals surface area (Å²) >= 11 is 0. The van der Waals surface area contributed by atoms with Gasteiger partial charge in [0.1, 0.15) is 23.9 Å². The Morgan fingerprint density at radius 3 is 2.43 bits per heavy atom. The topological polar surface area (TPSA) is 87.0 Å². The average molecular weight is 409 g/mol. The molecule has 0 saturated carbocycles. The molecule has 0 aliphatic rings. The molecule has 2 aromatic carbocycles. The number of nitrogens with one attached hydrogen (secondary N) is 1. The molecule has 3 aromatic rings. The largest absolute Gasteiger partial charge is 0.497 e. The molecule has 0 bridgehead atoms. The predicted octanol–water partition coefficient (Wildman–Crippen LogP) is 3.38. The molecular weight excluding hydrogens is 386 g/mol. The van der Waals surface area contributed by atoms with Gasteiger partial charge < -0.3 is 23.9 Å². The zero-order valence-corrected chi connectivity index (χ0v) is 16.6. The van der Waals surface area contributed by atoms with E-state index in [2.05, 4.69) is 5.32 Å². The van der Waals surface area contributed by atoms with E-state index in [1.54, 1.807) is 13.2 Å². The van der Waals surface area contributed by atoms with Crippen LogP contribution in [0.2, 0.25) is 0 Å². The molecule has 0 aliphatic heterocycles. The number of carbonyl (C=O) groups excluding carboxylic acids is 2. The first-order valence-electron chi connectivity index (χ1n) is 9.47. The van der Waals surface area contributed by atoms with Crippen molar-refractivity contribution in [2.45, 2.75) is 13.0 Å². The Kier molecular flexibility index (Phi) is 7.49. The fraction of sp³-hybridized carbons (Fsp3) is 0.217. The minimum Gasteiger partial charge on any atom is -0.497 e. The summed E-state index contributed by atoms with van der Waals surface area (Å²) in [6.07, 6.45) is 0.659. The number of amides is 1. The van der Waals surface area contributed by atoms with Gasteiger partial charge in [0.15, 0.2) is 6.61 Å². The van der Waals surface area contributed by atoms with E-state index in [0.29, 0.717) is 24.5 Å². The third-order valence-corrected chi connectivity index (χ3v) is 4.22. The van der Waals surface area contributed by atoms with Gasteiger partial charge in [-0.2, -0.15) is 0 Å². The number of esters is 1. The number of methoxy groups -OCH3 is 1. The molecule has 0 unspecified atom stereocenters. The molecular formula is C23H23NO6. The van der Waals surface area contributed by atoms with Crippen LogP contribution in [0.25, 0.3) is 0 Å². The summed E-state index contributed by atoms with van der Waals surface area (Å²) in [5.41, 5.74) is 1.06. The minimum atomic E-state index is -0.703. The van der Waals surface area contributed by atoms with Crippen molar-refractivity contribution >= 4 is 11.9 Å². The van der Waals surface area contributed by atoms with E-state index in [9.17, 15) is 9.59 Å². The van der Waals surface area contributed by atoms with Gasteiger partial charge in [0.2, 0.25) is 5.76 Å². The summed E-state index contributed by atoms with van der Waals surface area (Å²) in [5, 5.41) is 2.71. The normalized spacial score (nSPS) is 10.3. The van der Waals surface area contributed by atoms with Crippen LogP contribution in [0.3, 0.4) is 0 Å². The first kappa shape index (κ1) is 21.0. The lowest BCUT2D eigenvalue weighted by Crippen LogP contribution is -2.30. The molecule has 7 heteroatoms. The minimum absolute atomic E-state index is 0.0210. The summed E-state index contributed by atoms with van der Waals surface area (Å²) < 4.78 is 21.1. The second kappa shape index (κ2) is 10.7. The molecule has 0 radical (unpaired) electrons. The molecule has 30 heavy (non-hydrogen) atoms. The summed E-state index contributed by atoms with van der Waals surface area (Å²) in [5.74, 6) is 0.900. The Bertz CT molecular complexity index is 949. The fourth-order valence-corrected chi connectivity index (χ4v) is 2.63. The van der Waals surface area contributed by atoms with E-state index in [-0.39, 0.29) is 24.9 Å². The van der Waals surface area contributed by atoms with Crippen LogP contribution in [-0.2, 0) is 22.6 Å². The van der Waals surface area contributed by atoms with Gasteiger partial charge in [0, 0.05) is 6.54 Å². The quantitative estimate of drug-likeness (QED) is 0.517. The molecule has 0 atom stereocenters. The number of furan rings is 1. The van der Waals surface area contributed by atoms with Gasteiger partial charge >= 0.3 is 5.97 Å². The predicted molar refractivity (Wildman–Crippen MR) is 109 cm³/mol. The number of rotatable bonds is 10. The zero-order chi connectivity index (χ0) is 21.2. The summed E-state index contributed by atoms with van der Waals surface area (Å²) in [6.45, 7) is 0.242. The lowest BCUT2D eigenvalue weighted by molar-refractivity contribution is -0.124. The zero-order valence-electron chi connectivity index (χ0n) is 16.6. The Balaban J connectivity index is 1.36. The Labute approximate surface area is 174 Å². The molecule has 0 aliphatic carbocycles. The first-order chi connectivity index (χ1) is 14.6. The van der Waals surface area contributed by atoms with Crippen molar-refractivity contribution in [2.75, 3.05) is 20.3 Å². The molecule has 3 rings (SSSR count). The molecule has 156 valence electrons. The van der Waals surface area contributed by atoms with E-state index in [1.807, 2.05) is 54.6 Å². The van der Waals surface area contributed by atoms with Crippen molar-refractivity contribution in [1.29, 1.82) is 0 Å². The van der Waals surface area contributed by atoms with Crippen molar-refractivity contribution in [3.63, 3.8) is 0 Å². The van der Waals surface area contributed by atoms with Gasteiger partial charge in [-0.25, -0.2) is 4.79 Å². The van der Waals surface area contributed by atoms with Crippen LogP contribution in [0.1, 0.15) is 21.9 Å². The number of ether oxygens (including phenoxy) is 3. The smallest absolute Gasteiger partial charge is 0.374 e. The number of carbonyl (C=O) groups is 2. The number of hydrogen-bond donors (Lipinski definition) is 1. The molecule has 7 nitrogen and oxygen atoms in total. The third-order valence-electron chi connectivity index (χ3n) is 4.22. The van der Waals surface area contributed by atoms with Crippen LogP contribution in [0.5, 0.6) is 11.5 Å².